The summed E-state index contributed by atoms with van der Waals surface area (Å²) < 4.78 is 1.71. The van der Waals surface area contributed by atoms with Gasteiger partial charge in [-0.1, -0.05) is 45.0 Å². The summed E-state index contributed by atoms with van der Waals surface area (Å²) in [6.07, 6.45) is 1.47. The molecule has 4 nitrogen and oxygen atoms in total. The van der Waals surface area contributed by atoms with E-state index in [0.717, 1.165) is 5.56 Å². The highest BCUT2D eigenvalue weighted by atomic mass is 16.3. The van der Waals surface area contributed by atoms with Crippen molar-refractivity contribution in [1.82, 2.24) is 14.8 Å². The summed E-state index contributed by atoms with van der Waals surface area (Å²) in [5, 5.41) is 13.2. The number of aliphatic hydroxyl groups excluding tert-OH is 1. The molecule has 1 aromatic carbocycles. The molecule has 0 amide bonds. The van der Waals surface area contributed by atoms with Gasteiger partial charge in [0.15, 0.2) is 5.82 Å². The molecule has 0 saturated carbocycles. The van der Waals surface area contributed by atoms with Crippen LogP contribution in [0.4, 0.5) is 0 Å². The minimum Gasteiger partial charge on any atom is -0.388 e. The third-order valence-corrected chi connectivity index (χ3v) is 2.99. The topological polar surface area (TPSA) is 50.9 Å². The summed E-state index contributed by atoms with van der Waals surface area (Å²) in [6.45, 7) is 7.15. The Bertz CT molecular complexity index is 509. The molecule has 1 aromatic heterocycles. The summed E-state index contributed by atoms with van der Waals surface area (Å²) in [5.74, 6) is 0.592. The second-order valence-electron chi connectivity index (χ2n) is 5.44. The Kier molecular flexibility index (Phi) is 3.48. The van der Waals surface area contributed by atoms with Gasteiger partial charge in [-0.25, -0.2) is 9.67 Å². The Morgan fingerprint density at radius 1 is 1.17 bits per heavy atom. The zero-order chi connectivity index (χ0) is 13.2. The zero-order valence-corrected chi connectivity index (χ0v) is 11.1. The van der Waals surface area contributed by atoms with Crippen molar-refractivity contribution in [2.75, 3.05) is 0 Å². The molecule has 0 radical (unpaired) electrons. The SMILES string of the molecule is CC(C)(C)c1ccc(Cn2ncnc2CO)cc1. The van der Waals surface area contributed by atoms with E-state index in [-0.39, 0.29) is 12.0 Å². The molecule has 1 N–H and O–H groups in total. The number of benzene rings is 1. The lowest BCUT2D eigenvalue weighted by Gasteiger charge is -2.19. The lowest BCUT2D eigenvalue weighted by Crippen LogP contribution is -2.11. The Morgan fingerprint density at radius 3 is 2.39 bits per heavy atom. The van der Waals surface area contributed by atoms with Crippen molar-refractivity contribution in [1.29, 1.82) is 0 Å². The minimum absolute atomic E-state index is 0.0833. The van der Waals surface area contributed by atoms with Gasteiger partial charge in [0.1, 0.15) is 12.9 Å². The maximum Gasteiger partial charge on any atom is 0.152 e. The normalized spacial score (nSPS) is 11.8. The van der Waals surface area contributed by atoms with E-state index in [1.807, 2.05) is 0 Å². The van der Waals surface area contributed by atoms with Gasteiger partial charge in [0.25, 0.3) is 0 Å². The summed E-state index contributed by atoms with van der Waals surface area (Å²) in [6, 6.07) is 8.49. The van der Waals surface area contributed by atoms with Crippen LogP contribution in [-0.4, -0.2) is 19.9 Å². The molecular formula is C14H19N3O. The molecule has 0 saturated heterocycles. The smallest absolute Gasteiger partial charge is 0.152 e. The van der Waals surface area contributed by atoms with Gasteiger partial charge in [0.2, 0.25) is 0 Å². The summed E-state index contributed by atoms with van der Waals surface area (Å²) in [7, 11) is 0. The van der Waals surface area contributed by atoms with Crippen LogP contribution in [-0.2, 0) is 18.6 Å². The fourth-order valence-electron chi connectivity index (χ4n) is 1.83. The molecule has 0 spiro atoms. The largest absolute Gasteiger partial charge is 0.388 e. The van der Waals surface area contributed by atoms with Crippen LogP contribution < -0.4 is 0 Å². The Labute approximate surface area is 107 Å². The van der Waals surface area contributed by atoms with E-state index in [1.165, 1.54) is 11.9 Å². The van der Waals surface area contributed by atoms with Crippen molar-refractivity contribution < 1.29 is 5.11 Å². The van der Waals surface area contributed by atoms with Crippen LogP contribution in [0.25, 0.3) is 0 Å². The van der Waals surface area contributed by atoms with E-state index < -0.39 is 0 Å². The van der Waals surface area contributed by atoms with Gasteiger partial charge < -0.3 is 5.11 Å². The Morgan fingerprint density at radius 2 is 1.83 bits per heavy atom. The number of aromatic nitrogens is 3. The van der Waals surface area contributed by atoms with Gasteiger partial charge in [-0.15, -0.1) is 0 Å². The molecule has 1 heterocycles. The zero-order valence-electron chi connectivity index (χ0n) is 11.1. The van der Waals surface area contributed by atoms with Crippen LogP contribution in [0.5, 0.6) is 0 Å². The fraction of sp³-hybridized carbons (Fsp3) is 0.429. The number of nitrogens with zero attached hydrogens (tertiary/aromatic N) is 3. The summed E-state index contributed by atoms with van der Waals surface area (Å²) >= 11 is 0. The van der Waals surface area contributed by atoms with Crippen LogP contribution in [0.1, 0.15) is 37.7 Å². The van der Waals surface area contributed by atoms with E-state index in [2.05, 4.69) is 55.1 Å². The molecule has 0 aliphatic carbocycles. The third kappa shape index (κ3) is 2.76. The highest BCUT2D eigenvalue weighted by Crippen LogP contribution is 2.22. The molecule has 18 heavy (non-hydrogen) atoms. The van der Waals surface area contributed by atoms with Gasteiger partial charge >= 0.3 is 0 Å². The van der Waals surface area contributed by atoms with Gasteiger partial charge in [0.05, 0.1) is 6.54 Å². The average molecular weight is 245 g/mol. The van der Waals surface area contributed by atoms with E-state index in [4.69, 9.17) is 5.11 Å². The van der Waals surface area contributed by atoms with Crippen LogP contribution in [0.15, 0.2) is 30.6 Å². The van der Waals surface area contributed by atoms with Crippen LogP contribution in [0, 0.1) is 0 Å². The maximum absolute atomic E-state index is 9.11. The van der Waals surface area contributed by atoms with Crippen molar-refractivity contribution in [3.63, 3.8) is 0 Å². The highest BCUT2D eigenvalue weighted by Gasteiger charge is 2.13. The molecule has 0 atom stereocenters. The predicted molar refractivity (Wildman–Crippen MR) is 70.2 cm³/mol. The minimum atomic E-state index is -0.0833. The summed E-state index contributed by atoms with van der Waals surface area (Å²) in [4.78, 5) is 3.99. The van der Waals surface area contributed by atoms with Gasteiger partial charge in [0, 0.05) is 0 Å². The number of hydrogen-bond acceptors (Lipinski definition) is 3. The predicted octanol–water partition coefficient (Wildman–Crippen LogP) is 2.12. The fourth-order valence-corrected chi connectivity index (χ4v) is 1.83. The first-order valence-electron chi connectivity index (χ1n) is 6.07. The van der Waals surface area contributed by atoms with Gasteiger partial charge in [-0.3, -0.25) is 0 Å². The third-order valence-electron chi connectivity index (χ3n) is 2.99. The first-order valence-corrected chi connectivity index (χ1v) is 6.07. The van der Waals surface area contributed by atoms with Crippen molar-refractivity contribution in [3.8, 4) is 0 Å². The van der Waals surface area contributed by atoms with Crippen LogP contribution in [0.2, 0.25) is 0 Å². The first kappa shape index (κ1) is 12.8. The second kappa shape index (κ2) is 4.90. The molecule has 96 valence electrons. The molecule has 0 bridgehead atoms. The molecular weight excluding hydrogens is 226 g/mol. The monoisotopic (exact) mass is 245 g/mol. The standard InChI is InChI=1S/C14H19N3O/c1-14(2,3)12-6-4-11(5-7-12)8-17-13(9-18)15-10-16-17/h4-7,10,18H,8-9H2,1-3H3. The Balaban J connectivity index is 2.16. The molecule has 4 heteroatoms. The molecule has 0 aliphatic heterocycles. The van der Waals surface area contributed by atoms with Crippen molar-refractivity contribution >= 4 is 0 Å². The van der Waals surface area contributed by atoms with E-state index in [9.17, 15) is 0 Å². The van der Waals surface area contributed by atoms with Crippen molar-refractivity contribution in [2.45, 2.75) is 39.3 Å². The van der Waals surface area contributed by atoms with Crippen LogP contribution >= 0.6 is 0 Å². The maximum atomic E-state index is 9.11. The van der Waals surface area contributed by atoms with E-state index >= 15 is 0 Å². The first-order chi connectivity index (χ1) is 8.50. The number of aliphatic hydroxyl groups is 1. The van der Waals surface area contributed by atoms with Gasteiger partial charge in [-0.05, 0) is 16.5 Å². The lowest BCUT2D eigenvalue weighted by atomic mass is 9.87. The van der Waals surface area contributed by atoms with Crippen molar-refractivity contribution in [2.24, 2.45) is 0 Å². The van der Waals surface area contributed by atoms with Crippen molar-refractivity contribution in [3.05, 3.63) is 47.5 Å². The van der Waals surface area contributed by atoms with E-state index in [1.54, 1.807) is 4.68 Å². The number of hydrogen-bond donors (Lipinski definition) is 1. The average Bonchev–Trinajstić information content (AvgIpc) is 2.76. The quantitative estimate of drug-likeness (QED) is 0.901. The molecule has 2 rings (SSSR count). The summed E-state index contributed by atoms with van der Waals surface area (Å²) in [5.41, 5.74) is 2.64. The second-order valence-corrected chi connectivity index (χ2v) is 5.44. The lowest BCUT2D eigenvalue weighted by molar-refractivity contribution is 0.264. The number of rotatable bonds is 3. The van der Waals surface area contributed by atoms with Gasteiger partial charge in [-0.2, -0.15) is 5.10 Å². The molecule has 2 aromatic rings. The molecule has 0 unspecified atom stereocenters. The molecule has 0 fully saturated rings. The van der Waals surface area contributed by atoms with Crippen LogP contribution in [0.3, 0.4) is 0 Å². The Hall–Kier alpha value is -1.68. The van der Waals surface area contributed by atoms with E-state index in [0.29, 0.717) is 12.4 Å². The molecule has 0 aliphatic rings. The highest BCUT2D eigenvalue weighted by molar-refractivity contribution is 5.27.